The number of aliphatic hydroxyl groups excluding tert-OH is 1. The normalized spacial score (nSPS) is 11.0. The number of likely N-dealkylation sites (N-methyl/N-ethyl adjacent to an activating group) is 1. The lowest BCUT2D eigenvalue weighted by Gasteiger charge is -2.21. The third-order valence-corrected chi connectivity index (χ3v) is 5.53. The van der Waals surface area contributed by atoms with Crippen LogP contribution in [0, 0.1) is 6.92 Å². The number of esters is 1. The van der Waals surface area contributed by atoms with Gasteiger partial charge in [0, 0.05) is 13.1 Å². The summed E-state index contributed by atoms with van der Waals surface area (Å²) < 4.78 is 5.47. The van der Waals surface area contributed by atoms with Crippen LogP contribution >= 0.6 is 22.9 Å². The zero-order valence-corrected chi connectivity index (χ0v) is 16.7. The number of benzene rings is 1. The van der Waals surface area contributed by atoms with Crippen molar-refractivity contribution in [3.8, 4) is 0 Å². The number of ether oxygens (including phenoxy) is 1. The average molecular weight is 406 g/mol. The third-order valence-electron chi connectivity index (χ3n) is 4.19. The topological polar surface area (TPSA) is 75.5 Å². The Hall–Kier alpha value is -2.22. The Labute approximate surface area is 166 Å². The van der Waals surface area contributed by atoms with E-state index in [1.165, 1.54) is 11.3 Å². The van der Waals surface area contributed by atoms with Crippen LogP contribution in [0.5, 0.6) is 0 Å². The van der Waals surface area contributed by atoms with Gasteiger partial charge in [-0.25, -0.2) is 9.78 Å². The summed E-state index contributed by atoms with van der Waals surface area (Å²) in [5.41, 5.74) is 1.68. The molecule has 8 heteroatoms. The molecule has 0 unspecified atom stereocenters. The second-order valence-electron chi connectivity index (χ2n) is 5.92. The van der Waals surface area contributed by atoms with Gasteiger partial charge in [0.1, 0.15) is 22.1 Å². The molecule has 0 amide bonds. The molecule has 0 atom stereocenters. The number of hydrogen-bond acceptors (Lipinski definition) is 7. The Morgan fingerprint density at radius 1 is 1.30 bits per heavy atom. The van der Waals surface area contributed by atoms with Gasteiger partial charge in [-0.2, -0.15) is 4.98 Å². The Bertz CT molecular complexity index is 946. The van der Waals surface area contributed by atoms with Crippen LogP contribution in [0.3, 0.4) is 0 Å². The van der Waals surface area contributed by atoms with Crippen LogP contribution in [0.15, 0.2) is 30.3 Å². The molecule has 0 radical (unpaired) electrons. The van der Waals surface area contributed by atoms with Crippen LogP contribution in [0.4, 0.5) is 5.82 Å². The number of aryl methyl sites for hydroxylation is 1. The maximum Gasteiger partial charge on any atom is 0.349 e. The van der Waals surface area contributed by atoms with E-state index in [0.29, 0.717) is 28.6 Å². The molecule has 0 saturated carbocycles. The predicted molar refractivity (Wildman–Crippen MR) is 108 cm³/mol. The molecule has 0 aliphatic heterocycles. The van der Waals surface area contributed by atoms with E-state index in [9.17, 15) is 9.90 Å². The number of fused-ring (bicyclic) bond motifs is 1. The lowest BCUT2D eigenvalue weighted by molar-refractivity contribution is 0.0478. The lowest BCUT2D eigenvalue weighted by Crippen LogP contribution is -2.27. The van der Waals surface area contributed by atoms with E-state index in [1.807, 2.05) is 49.1 Å². The number of halogens is 1. The van der Waals surface area contributed by atoms with E-state index in [-0.39, 0.29) is 18.5 Å². The van der Waals surface area contributed by atoms with Gasteiger partial charge in [0.25, 0.3) is 0 Å². The van der Waals surface area contributed by atoms with Crippen molar-refractivity contribution in [1.82, 2.24) is 9.97 Å². The quantitative estimate of drug-likeness (QED) is 0.475. The summed E-state index contributed by atoms with van der Waals surface area (Å²) in [7, 11) is 0. The second-order valence-corrected chi connectivity index (χ2v) is 7.25. The predicted octanol–water partition coefficient (Wildman–Crippen LogP) is 3.83. The van der Waals surface area contributed by atoms with Gasteiger partial charge in [-0.1, -0.05) is 30.3 Å². The fourth-order valence-electron chi connectivity index (χ4n) is 2.84. The number of aromatic nitrogens is 2. The van der Waals surface area contributed by atoms with Crippen LogP contribution in [-0.4, -0.2) is 40.7 Å². The zero-order chi connectivity index (χ0) is 19.4. The number of aliphatic hydroxyl groups is 1. The molecule has 0 saturated heterocycles. The van der Waals surface area contributed by atoms with Gasteiger partial charge >= 0.3 is 5.97 Å². The molecule has 6 nitrogen and oxygen atoms in total. The van der Waals surface area contributed by atoms with Crippen LogP contribution in [0.25, 0.3) is 10.2 Å². The van der Waals surface area contributed by atoms with Gasteiger partial charge in [-0.05, 0) is 36.6 Å². The van der Waals surface area contributed by atoms with Crippen LogP contribution in [0.2, 0.25) is 5.28 Å². The van der Waals surface area contributed by atoms with E-state index in [0.717, 1.165) is 16.5 Å². The minimum atomic E-state index is -0.397. The fraction of sp³-hybridized carbons (Fsp3) is 0.316. The average Bonchev–Trinajstić information content (AvgIpc) is 3.01. The molecule has 2 aromatic heterocycles. The number of carbonyl (C=O) groups excluding carboxylic acids is 1. The fourth-order valence-corrected chi connectivity index (χ4v) is 4.12. The standard InChI is InChI=1S/C19H20ClN3O3S/c1-3-23(9-10-24)16-14-12(2)15(27-17(14)22-19(20)21-16)18(25)26-11-13-7-5-4-6-8-13/h4-8,24H,3,9-11H2,1-2H3. The Balaban J connectivity index is 1.95. The summed E-state index contributed by atoms with van der Waals surface area (Å²) in [6, 6.07) is 9.53. The van der Waals surface area contributed by atoms with Gasteiger partial charge in [0.2, 0.25) is 5.28 Å². The molecule has 2 heterocycles. The minimum absolute atomic E-state index is 0.00782. The number of carbonyl (C=O) groups is 1. The minimum Gasteiger partial charge on any atom is -0.457 e. The molecule has 0 aliphatic rings. The maximum atomic E-state index is 12.6. The highest BCUT2D eigenvalue weighted by Gasteiger charge is 2.23. The monoisotopic (exact) mass is 405 g/mol. The molecule has 0 fully saturated rings. The van der Waals surface area contributed by atoms with Gasteiger partial charge < -0.3 is 14.7 Å². The maximum absolute atomic E-state index is 12.6. The second kappa shape index (κ2) is 8.65. The first-order valence-electron chi connectivity index (χ1n) is 8.58. The van der Waals surface area contributed by atoms with Crippen molar-refractivity contribution in [3.05, 3.63) is 51.6 Å². The highest BCUT2D eigenvalue weighted by molar-refractivity contribution is 7.20. The number of nitrogens with zero attached hydrogens (tertiary/aromatic N) is 3. The molecule has 27 heavy (non-hydrogen) atoms. The van der Waals surface area contributed by atoms with E-state index in [2.05, 4.69) is 9.97 Å². The van der Waals surface area contributed by atoms with E-state index >= 15 is 0 Å². The summed E-state index contributed by atoms with van der Waals surface area (Å²) >= 11 is 7.33. The number of rotatable bonds is 7. The SMILES string of the molecule is CCN(CCO)c1nc(Cl)nc2sc(C(=O)OCc3ccccc3)c(C)c12. The molecule has 0 aliphatic carbocycles. The van der Waals surface area contributed by atoms with Gasteiger partial charge in [0.15, 0.2) is 0 Å². The van der Waals surface area contributed by atoms with Crippen molar-refractivity contribution >= 4 is 44.9 Å². The molecule has 0 bridgehead atoms. The zero-order valence-electron chi connectivity index (χ0n) is 15.1. The van der Waals surface area contributed by atoms with Crippen molar-refractivity contribution in [2.75, 3.05) is 24.6 Å². The van der Waals surface area contributed by atoms with E-state index in [1.54, 1.807) is 0 Å². The van der Waals surface area contributed by atoms with Crippen LogP contribution in [-0.2, 0) is 11.3 Å². The summed E-state index contributed by atoms with van der Waals surface area (Å²) in [6.45, 7) is 5.08. The van der Waals surface area contributed by atoms with E-state index in [4.69, 9.17) is 16.3 Å². The summed E-state index contributed by atoms with van der Waals surface area (Å²) in [5, 5.41) is 10.2. The summed E-state index contributed by atoms with van der Waals surface area (Å²) in [4.78, 5) is 24.3. The van der Waals surface area contributed by atoms with Crippen molar-refractivity contribution in [2.45, 2.75) is 20.5 Å². The van der Waals surface area contributed by atoms with Crippen molar-refractivity contribution in [3.63, 3.8) is 0 Å². The molecular weight excluding hydrogens is 386 g/mol. The van der Waals surface area contributed by atoms with Crippen LogP contribution in [0.1, 0.15) is 27.7 Å². The Kier molecular flexibility index (Phi) is 6.26. The molecule has 3 rings (SSSR count). The number of thiophene rings is 1. The van der Waals surface area contributed by atoms with Crippen LogP contribution < -0.4 is 4.90 Å². The van der Waals surface area contributed by atoms with E-state index < -0.39 is 5.97 Å². The first kappa shape index (κ1) is 19.5. The molecule has 3 aromatic rings. The molecule has 0 spiro atoms. The largest absolute Gasteiger partial charge is 0.457 e. The molecule has 1 N–H and O–H groups in total. The Morgan fingerprint density at radius 2 is 2.04 bits per heavy atom. The molecule has 142 valence electrons. The number of anilines is 1. The van der Waals surface area contributed by atoms with Gasteiger partial charge in [-0.3, -0.25) is 0 Å². The highest BCUT2D eigenvalue weighted by Crippen LogP contribution is 2.36. The van der Waals surface area contributed by atoms with Crippen molar-refractivity contribution < 1.29 is 14.6 Å². The summed E-state index contributed by atoms with van der Waals surface area (Å²) in [5.74, 6) is 0.226. The smallest absolute Gasteiger partial charge is 0.349 e. The first-order valence-corrected chi connectivity index (χ1v) is 9.78. The highest BCUT2D eigenvalue weighted by atomic mass is 35.5. The first-order chi connectivity index (χ1) is 13.0. The summed E-state index contributed by atoms with van der Waals surface area (Å²) in [6.07, 6.45) is 0. The van der Waals surface area contributed by atoms with Crippen molar-refractivity contribution in [2.24, 2.45) is 0 Å². The number of hydrogen-bond donors (Lipinski definition) is 1. The van der Waals surface area contributed by atoms with Crippen molar-refractivity contribution in [1.29, 1.82) is 0 Å². The van der Waals surface area contributed by atoms with Gasteiger partial charge in [-0.15, -0.1) is 11.3 Å². The lowest BCUT2D eigenvalue weighted by atomic mass is 10.2. The third kappa shape index (κ3) is 4.21. The molecular formula is C19H20ClN3O3S. The van der Waals surface area contributed by atoms with Gasteiger partial charge in [0.05, 0.1) is 12.0 Å². The Morgan fingerprint density at radius 3 is 2.70 bits per heavy atom. The molecule has 1 aromatic carbocycles.